The van der Waals surface area contributed by atoms with Gasteiger partial charge in [0.25, 0.3) is 0 Å². The zero-order valence-corrected chi connectivity index (χ0v) is 10.7. The molecule has 21 heavy (non-hydrogen) atoms. The fraction of sp³-hybridized carbons (Fsp3) is 0.385. The smallest absolute Gasteiger partial charge is 0.471 e. The number of alkyl halides is 3. The number of hydrogen-bond acceptors (Lipinski definition) is 4. The maximum atomic E-state index is 14.2. The van der Waals surface area contributed by atoms with E-state index >= 15 is 0 Å². The van der Waals surface area contributed by atoms with Crippen LogP contribution in [0, 0.1) is 11.7 Å². The molecular weight excluding hydrogens is 292 g/mol. The molecule has 3 rings (SSSR count). The summed E-state index contributed by atoms with van der Waals surface area (Å²) >= 11 is 0. The van der Waals surface area contributed by atoms with Gasteiger partial charge in [-0.1, -0.05) is 11.2 Å². The van der Waals surface area contributed by atoms with E-state index in [1.165, 1.54) is 18.2 Å². The summed E-state index contributed by atoms with van der Waals surface area (Å²) in [6, 6.07) is 4.14. The molecule has 0 atom stereocenters. The van der Waals surface area contributed by atoms with Crippen LogP contribution in [0.5, 0.6) is 5.75 Å². The van der Waals surface area contributed by atoms with Crippen molar-refractivity contribution < 1.29 is 26.8 Å². The van der Waals surface area contributed by atoms with E-state index in [9.17, 15) is 17.6 Å². The topological polar surface area (TPSA) is 48.2 Å². The highest BCUT2D eigenvalue weighted by Crippen LogP contribution is 2.33. The van der Waals surface area contributed by atoms with E-state index in [1.807, 2.05) is 0 Å². The lowest BCUT2D eigenvalue weighted by atomic mass is 10.2. The van der Waals surface area contributed by atoms with Crippen molar-refractivity contribution in [2.24, 2.45) is 5.92 Å². The maximum Gasteiger partial charge on any atom is 0.471 e. The quantitative estimate of drug-likeness (QED) is 0.808. The lowest BCUT2D eigenvalue weighted by Crippen LogP contribution is -2.05. The fourth-order valence-electron chi connectivity index (χ4n) is 1.74. The Labute approximate surface area is 116 Å². The van der Waals surface area contributed by atoms with Crippen LogP contribution in [0.2, 0.25) is 0 Å². The van der Waals surface area contributed by atoms with E-state index in [4.69, 9.17) is 4.74 Å². The minimum absolute atomic E-state index is 0.0299. The molecule has 0 unspecified atom stereocenters. The summed E-state index contributed by atoms with van der Waals surface area (Å²) in [6.07, 6.45) is -2.68. The second-order valence-electron chi connectivity index (χ2n) is 4.79. The van der Waals surface area contributed by atoms with Crippen molar-refractivity contribution in [1.29, 1.82) is 0 Å². The lowest BCUT2D eigenvalue weighted by Gasteiger charge is -2.07. The first-order chi connectivity index (χ1) is 9.95. The van der Waals surface area contributed by atoms with Crippen molar-refractivity contribution in [2.75, 3.05) is 6.61 Å². The molecule has 0 spiro atoms. The average molecular weight is 302 g/mol. The van der Waals surface area contributed by atoms with Crippen LogP contribution in [0.3, 0.4) is 0 Å². The summed E-state index contributed by atoms with van der Waals surface area (Å²) in [7, 11) is 0. The molecule has 2 aromatic rings. The summed E-state index contributed by atoms with van der Waals surface area (Å²) in [6.45, 7) is 0.389. The minimum atomic E-state index is -4.76. The monoisotopic (exact) mass is 302 g/mol. The third-order valence-electron chi connectivity index (χ3n) is 3.04. The summed E-state index contributed by atoms with van der Waals surface area (Å²) in [5.74, 6) is -2.38. The zero-order chi connectivity index (χ0) is 15.0. The highest BCUT2D eigenvalue weighted by atomic mass is 19.4. The number of nitrogens with zero attached hydrogens (tertiary/aromatic N) is 2. The Bertz CT molecular complexity index is 650. The summed E-state index contributed by atoms with van der Waals surface area (Å²) < 4.78 is 60.8. The molecule has 0 saturated heterocycles. The minimum Gasteiger partial charge on any atom is -0.490 e. The van der Waals surface area contributed by atoms with E-state index in [2.05, 4.69) is 14.7 Å². The third kappa shape index (κ3) is 2.98. The van der Waals surface area contributed by atoms with Gasteiger partial charge in [0.15, 0.2) is 11.6 Å². The van der Waals surface area contributed by atoms with Gasteiger partial charge in [0.05, 0.1) is 12.2 Å². The van der Waals surface area contributed by atoms with Crippen LogP contribution in [0.25, 0.3) is 11.4 Å². The SMILES string of the molecule is Fc1c(OCC2CC2)cccc1-c1noc(C(F)(F)F)n1. The summed E-state index contributed by atoms with van der Waals surface area (Å²) in [4.78, 5) is 3.16. The molecule has 1 saturated carbocycles. The number of halogens is 4. The van der Waals surface area contributed by atoms with E-state index in [-0.39, 0.29) is 11.3 Å². The van der Waals surface area contributed by atoms with Gasteiger partial charge < -0.3 is 9.26 Å². The van der Waals surface area contributed by atoms with Gasteiger partial charge in [0.2, 0.25) is 5.82 Å². The zero-order valence-electron chi connectivity index (χ0n) is 10.7. The van der Waals surface area contributed by atoms with Crippen molar-refractivity contribution in [3.05, 3.63) is 29.9 Å². The van der Waals surface area contributed by atoms with Crippen molar-refractivity contribution in [3.8, 4) is 17.1 Å². The molecule has 1 aromatic heterocycles. The third-order valence-corrected chi connectivity index (χ3v) is 3.04. The van der Waals surface area contributed by atoms with E-state index < -0.39 is 23.7 Å². The second kappa shape index (κ2) is 5.01. The number of hydrogen-bond donors (Lipinski definition) is 0. The van der Waals surface area contributed by atoms with Crippen LogP contribution in [-0.4, -0.2) is 16.7 Å². The van der Waals surface area contributed by atoms with Crippen molar-refractivity contribution in [3.63, 3.8) is 0 Å². The maximum absolute atomic E-state index is 14.2. The molecule has 0 bridgehead atoms. The molecule has 4 nitrogen and oxygen atoms in total. The van der Waals surface area contributed by atoms with Gasteiger partial charge in [-0.3, -0.25) is 0 Å². The molecule has 1 heterocycles. The van der Waals surface area contributed by atoms with E-state index in [1.54, 1.807) is 0 Å². The molecule has 1 aliphatic rings. The fourth-order valence-corrected chi connectivity index (χ4v) is 1.74. The molecule has 0 N–H and O–H groups in total. The highest BCUT2D eigenvalue weighted by molar-refractivity contribution is 5.58. The van der Waals surface area contributed by atoms with E-state index in [0.29, 0.717) is 12.5 Å². The van der Waals surface area contributed by atoms with Gasteiger partial charge in [-0.25, -0.2) is 4.39 Å². The van der Waals surface area contributed by atoms with Gasteiger partial charge in [-0.2, -0.15) is 18.2 Å². The van der Waals surface area contributed by atoms with Gasteiger partial charge in [0, 0.05) is 0 Å². The Balaban J connectivity index is 1.87. The molecular formula is C13H10F4N2O2. The van der Waals surface area contributed by atoms with Crippen molar-refractivity contribution in [1.82, 2.24) is 10.1 Å². The second-order valence-corrected chi connectivity index (χ2v) is 4.79. The van der Waals surface area contributed by atoms with Gasteiger partial charge in [0.1, 0.15) is 0 Å². The standard InChI is InChI=1S/C13H10F4N2O2/c14-10-8(11-18-12(21-19-11)13(15,16)17)2-1-3-9(10)20-6-7-4-5-7/h1-3,7H,4-6H2. The molecule has 8 heteroatoms. The van der Waals surface area contributed by atoms with Crippen LogP contribution in [-0.2, 0) is 6.18 Å². The lowest BCUT2D eigenvalue weighted by molar-refractivity contribution is -0.159. The number of benzene rings is 1. The normalized spacial score (nSPS) is 15.2. The van der Waals surface area contributed by atoms with Gasteiger partial charge in [-0.05, 0) is 30.9 Å². The summed E-state index contributed by atoms with van der Waals surface area (Å²) in [5.41, 5.74) is -0.192. The molecule has 1 fully saturated rings. The van der Waals surface area contributed by atoms with Crippen LogP contribution in [0.1, 0.15) is 18.7 Å². The Morgan fingerprint density at radius 1 is 1.29 bits per heavy atom. The van der Waals surface area contributed by atoms with Crippen molar-refractivity contribution in [2.45, 2.75) is 19.0 Å². The van der Waals surface area contributed by atoms with Gasteiger partial charge >= 0.3 is 12.1 Å². The average Bonchev–Trinajstić information content (AvgIpc) is 3.10. The Hall–Kier alpha value is -2.12. The predicted octanol–water partition coefficient (Wildman–Crippen LogP) is 3.68. The summed E-state index contributed by atoms with van der Waals surface area (Å²) in [5, 5.41) is 3.16. The number of rotatable bonds is 4. The first-order valence-electron chi connectivity index (χ1n) is 6.28. The Kier molecular flexibility index (Phi) is 3.30. The molecule has 1 aliphatic carbocycles. The predicted molar refractivity (Wildman–Crippen MR) is 62.9 cm³/mol. The Morgan fingerprint density at radius 3 is 2.67 bits per heavy atom. The van der Waals surface area contributed by atoms with Crippen LogP contribution < -0.4 is 4.74 Å². The number of ether oxygens (including phenoxy) is 1. The largest absolute Gasteiger partial charge is 0.490 e. The molecule has 1 aromatic carbocycles. The molecule has 0 aliphatic heterocycles. The number of aromatic nitrogens is 2. The molecule has 0 amide bonds. The van der Waals surface area contributed by atoms with Crippen LogP contribution in [0.15, 0.2) is 22.7 Å². The molecule has 112 valence electrons. The molecule has 0 radical (unpaired) electrons. The Morgan fingerprint density at radius 2 is 2.05 bits per heavy atom. The van der Waals surface area contributed by atoms with Gasteiger partial charge in [-0.15, -0.1) is 0 Å². The first-order valence-corrected chi connectivity index (χ1v) is 6.28. The highest BCUT2D eigenvalue weighted by Gasteiger charge is 2.38. The van der Waals surface area contributed by atoms with Crippen LogP contribution >= 0.6 is 0 Å². The van der Waals surface area contributed by atoms with E-state index in [0.717, 1.165) is 12.8 Å². The van der Waals surface area contributed by atoms with Crippen molar-refractivity contribution >= 4 is 0 Å². The first kappa shape index (κ1) is 13.8. The van der Waals surface area contributed by atoms with Crippen LogP contribution in [0.4, 0.5) is 17.6 Å².